The normalized spacial score (nSPS) is 10.2. The van der Waals surface area contributed by atoms with E-state index in [2.05, 4.69) is 0 Å². The van der Waals surface area contributed by atoms with Gasteiger partial charge in [-0.2, -0.15) is 0 Å². The van der Waals surface area contributed by atoms with Gasteiger partial charge in [-0.25, -0.2) is 9.59 Å². The molecule has 9 nitrogen and oxygen atoms in total. The fraction of sp³-hybridized carbons (Fsp3) is 0.118. The summed E-state index contributed by atoms with van der Waals surface area (Å²) in [6.45, 7) is -1.21. The minimum absolute atomic E-state index is 0.0584. The standard InChI is InChI=1S/C17H14O9/c18-13-5-9(25-7-15(20)21)1-3-11(13)17(24)12-4-2-10(6-14(12)19)26-8-16(22)23/h1-6,18-19H,7-8H2,(H,20,21)(H,22,23). The Morgan fingerprint density at radius 3 is 1.42 bits per heavy atom. The van der Waals surface area contributed by atoms with Gasteiger partial charge in [0.25, 0.3) is 0 Å². The van der Waals surface area contributed by atoms with Crippen LogP contribution in [-0.4, -0.2) is 51.4 Å². The van der Waals surface area contributed by atoms with Crippen molar-refractivity contribution in [2.24, 2.45) is 0 Å². The van der Waals surface area contributed by atoms with Gasteiger partial charge in [-0.3, -0.25) is 4.79 Å². The van der Waals surface area contributed by atoms with Crippen LogP contribution in [-0.2, 0) is 9.59 Å². The molecule has 9 heteroatoms. The molecule has 0 unspecified atom stereocenters. The topological polar surface area (TPSA) is 151 Å². The molecular weight excluding hydrogens is 348 g/mol. The van der Waals surface area contributed by atoms with Crippen LogP contribution in [0.25, 0.3) is 0 Å². The third-order valence-corrected chi connectivity index (χ3v) is 3.15. The molecule has 0 atom stereocenters. The first-order chi connectivity index (χ1) is 12.3. The highest BCUT2D eigenvalue weighted by molar-refractivity contribution is 6.12. The highest BCUT2D eigenvalue weighted by Gasteiger charge is 2.18. The summed E-state index contributed by atoms with van der Waals surface area (Å²) < 4.78 is 9.78. The Morgan fingerprint density at radius 1 is 0.731 bits per heavy atom. The second kappa shape index (κ2) is 7.88. The van der Waals surface area contributed by atoms with Gasteiger partial charge in [0.1, 0.15) is 23.0 Å². The van der Waals surface area contributed by atoms with Crippen molar-refractivity contribution in [1.82, 2.24) is 0 Å². The highest BCUT2D eigenvalue weighted by atomic mass is 16.5. The van der Waals surface area contributed by atoms with E-state index in [0.717, 1.165) is 12.1 Å². The van der Waals surface area contributed by atoms with E-state index in [1.807, 2.05) is 0 Å². The van der Waals surface area contributed by atoms with E-state index in [1.54, 1.807) is 0 Å². The number of rotatable bonds is 8. The first-order valence-electron chi connectivity index (χ1n) is 7.18. The number of carboxylic acids is 2. The Labute approximate surface area is 146 Å². The highest BCUT2D eigenvalue weighted by Crippen LogP contribution is 2.30. The molecule has 0 bridgehead atoms. The largest absolute Gasteiger partial charge is 0.507 e. The molecule has 0 saturated carbocycles. The van der Waals surface area contributed by atoms with Gasteiger partial charge in [0.2, 0.25) is 0 Å². The molecule has 0 aliphatic carbocycles. The molecule has 2 aromatic carbocycles. The van der Waals surface area contributed by atoms with E-state index in [9.17, 15) is 24.6 Å². The fourth-order valence-electron chi connectivity index (χ4n) is 2.02. The van der Waals surface area contributed by atoms with Crippen molar-refractivity contribution >= 4 is 17.7 Å². The van der Waals surface area contributed by atoms with Crippen LogP contribution in [0.4, 0.5) is 0 Å². The molecule has 0 aliphatic heterocycles. The second-order valence-electron chi connectivity index (χ2n) is 5.05. The van der Waals surface area contributed by atoms with Crippen LogP contribution >= 0.6 is 0 Å². The van der Waals surface area contributed by atoms with Gasteiger partial charge in [-0.1, -0.05) is 0 Å². The number of hydrogen-bond donors (Lipinski definition) is 4. The number of ether oxygens (including phenoxy) is 2. The molecule has 26 heavy (non-hydrogen) atoms. The number of benzene rings is 2. The summed E-state index contributed by atoms with van der Waals surface area (Å²) in [5.74, 6) is -3.88. The fourth-order valence-corrected chi connectivity index (χ4v) is 2.02. The SMILES string of the molecule is O=C(O)COc1ccc(C(=O)c2ccc(OCC(=O)O)cc2O)c(O)c1. The van der Waals surface area contributed by atoms with Gasteiger partial charge in [0.15, 0.2) is 19.0 Å². The number of carboxylic acid groups (broad SMARTS) is 2. The maximum atomic E-state index is 12.5. The maximum absolute atomic E-state index is 12.5. The lowest BCUT2D eigenvalue weighted by Gasteiger charge is -2.10. The van der Waals surface area contributed by atoms with Gasteiger partial charge in [-0.15, -0.1) is 0 Å². The van der Waals surface area contributed by atoms with Crippen LogP contribution in [0.1, 0.15) is 15.9 Å². The average molecular weight is 362 g/mol. The molecule has 0 saturated heterocycles. The third-order valence-electron chi connectivity index (χ3n) is 3.15. The Balaban J connectivity index is 2.20. The van der Waals surface area contributed by atoms with E-state index < -0.39 is 42.4 Å². The molecule has 136 valence electrons. The summed E-state index contributed by atoms with van der Waals surface area (Å²) in [5, 5.41) is 37.0. The molecule has 0 heterocycles. The molecule has 4 N–H and O–H groups in total. The van der Waals surface area contributed by atoms with E-state index in [-0.39, 0.29) is 22.6 Å². The lowest BCUT2D eigenvalue weighted by molar-refractivity contribution is -0.140. The van der Waals surface area contributed by atoms with Crippen molar-refractivity contribution in [3.05, 3.63) is 47.5 Å². The van der Waals surface area contributed by atoms with Crippen LogP contribution in [0.15, 0.2) is 36.4 Å². The molecule has 0 spiro atoms. The van der Waals surface area contributed by atoms with E-state index in [0.29, 0.717) is 0 Å². The van der Waals surface area contributed by atoms with Gasteiger partial charge in [0, 0.05) is 12.1 Å². The van der Waals surface area contributed by atoms with Gasteiger partial charge in [0.05, 0.1) is 11.1 Å². The van der Waals surface area contributed by atoms with E-state index in [1.165, 1.54) is 24.3 Å². The molecule has 2 aromatic rings. The first kappa shape index (κ1) is 18.6. The zero-order chi connectivity index (χ0) is 19.3. The second-order valence-corrected chi connectivity index (χ2v) is 5.05. The van der Waals surface area contributed by atoms with E-state index in [4.69, 9.17) is 19.7 Å². The van der Waals surface area contributed by atoms with Crippen LogP contribution in [0.3, 0.4) is 0 Å². The number of aromatic hydroxyl groups is 2. The average Bonchev–Trinajstić information content (AvgIpc) is 2.57. The molecule has 0 aliphatic rings. The summed E-state index contributed by atoms with van der Waals surface area (Å²) in [4.78, 5) is 33.4. The van der Waals surface area contributed by atoms with E-state index >= 15 is 0 Å². The smallest absolute Gasteiger partial charge is 0.341 e. The molecule has 2 rings (SSSR count). The number of carbonyl (C=O) groups excluding carboxylic acids is 1. The zero-order valence-corrected chi connectivity index (χ0v) is 13.2. The predicted octanol–water partition coefficient (Wildman–Crippen LogP) is 1.26. The number of carbonyl (C=O) groups is 3. The van der Waals surface area contributed by atoms with Crippen LogP contribution in [0.5, 0.6) is 23.0 Å². The zero-order valence-electron chi connectivity index (χ0n) is 13.2. The Bertz CT molecular complexity index is 788. The Hall–Kier alpha value is -3.75. The lowest BCUT2D eigenvalue weighted by atomic mass is 10.0. The summed E-state index contributed by atoms with van der Waals surface area (Å²) in [6, 6.07) is 7.22. The van der Waals surface area contributed by atoms with Crippen molar-refractivity contribution < 1.29 is 44.3 Å². The van der Waals surface area contributed by atoms with Gasteiger partial charge in [-0.05, 0) is 24.3 Å². The number of phenolic OH excluding ortho intramolecular Hbond substituents is 2. The molecule has 0 radical (unpaired) electrons. The number of ketones is 1. The van der Waals surface area contributed by atoms with Crippen molar-refractivity contribution in [2.75, 3.05) is 13.2 Å². The van der Waals surface area contributed by atoms with Crippen LogP contribution in [0.2, 0.25) is 0 Å². The Kier molecular flexibility index (Phi) is 5.63. The minimum atomic E-state index is -1.19. The molecule has 0 fully saturated rings. The number of aliphatic carboxylic acids is 2. The quantitative estimate of drug-likeness (QED) is 0.509. The number of hydrogen-bond acceptors (Lipinski definition) is 7. The van der Waals surface area contributed by atoms with Crippen molar-refractivity contribution in [1.29, 1.82) is 0 Å². The monoisotopic (exact) mass is 362 g/mol. The summed E-state index contributed by atoms with van der Waals surface area (Å²) in [6.07, 6.45) is 0. The van der Waals surface area contributed by atoms with Gasteiger partial charge >= 0.3 is 11.9 Å². The molecule has 0 amide bonds. The minimum Gasteiger partial charge on any atom is -0.507 e. The third kappa shape index (κ3) is 4.63. The van der Waals surface area contributed by atoms with Crippen LogP contribution in [0, 0.1) is 0 Å². The summed E-state index contributed by atoms with van der Waals surface area (Å²) in [5.41, 5.74) is -0.274. The Morgan fingerprint density at radius 2 is 1.12 bits per heavy atom. The van der Waals surface area contributed by atoms with Crippen molar-refractivity contribution in [2.45, 2.75) is 0 Å². The van der Waals surface area contributed by atoms with Crippen LogP contribution < -0.4 is 9.47 Å². The van der Waals surface area contributed by atoms with Crippen molar-refractivity contribution in [3.63, 3.8) is 0 Å². The maximum Gasteiger partial charge on any atom is 0.341 e. The predicted molar refractivity (Wildman–Crippen MR) is 85.9 cm³/mol. The molecule has 0 aromatic heterocycles. The number of phenols is 2. The summed E-state index contributed by atoms with van der Waals surface area (Å²) >= 11 is 0. The van der Waals surface area contributed by atoms with Gasteiger partial charge < -0.3 is 29.9 Å². The summed E-state index contributed by atoms with van der Waals surface area (Å²) in [7, 11) is 0. The van der Waals surface area contributed by atoms with Crippen molar-refractivity contribution in [3.8, 4) is 23.0 Å². The lowest BCUT2D eigenvalue weighted by Crippen LogP contribution is -2.10. The molecular formula is C17H14O9. The first-order valence-corrected chi connectivity index (χ1v) is 7.18.